The minimum atomic E-state index is 0.494. The van der Waals surface area contributed by atoms with Crippen LogP contribution in [0.4, 0.5) is 5.82 Å². The number of halogens is 1. The number of imidazole rings is 1. The summed E-state index contributed by atoms with van der Waals surface area (Å²) in [5, 5.41) is 3.70. The highest BCUT2D eigenvalue weighted by atomic mass is 35.5. The number of H-pyrrole nitrogens is 1. The summed E-state index contributed by atoms with van der Waals surface area (Å²) in [6.45, 7) is 0.650. The number of nitrogens with one attached hydrogen (secondary N) is 2. The Hall–Kier alpha value is -1.62. The van der Waals surface area contributed by atoms with Crippen LogP contribution < -0.4 is 5.32 Å². The van der Waals surface area contributed by atoms with Gasteiger partial charge in [0, 0.05) is 18.2 Å². The van der Waals surface area contributed by atoms with Crippen molar-refractivity contribution in [2.24, 2.45) is 0 Å². The van der Waals surface area contributed by atoms with Crippen LogP contribution in [0.1, 0.15) is 30.3 Å². The van der Waals surface area contributed by atoms with Crippen LogP contribution in [-0.2, 0) is 6.54 Å². The van der Waals surface area contributed by atoms with E-state index in [0.717, 1.165) is 17.3 Å². The Morgan fingerprint density at radius 2 is 2.29 bits per heavy atom. The topological polar surface area (TPSA) is 66.5 Å². The van der Waals surface area contributed by atoms with E-state index in [2.05, 4.69) is 25.3 Å². The molecule has 0 aromatic carbocycles. The van der Waals surface area contributed by atoms with Gasteiger partial charge in [-0.25, -0.2) is 15.0 Å². The molecule has 0 aliphatic heterocycles. The number of aromatic amines is 1. The molecule has 1 aliphatic rings. The number of nitrogens with zero attached hydrogens (tertiary/aromatic N) is 3. The smallest absolute Gasteiger partial charge is 0.135 e. The van der Waals surface area contributed by atoms with E-state index in [1.54, 1.807) is 18.6 Å². The van der Waals surface area contributed by atoms with E-state index in [1.165, 1.54) is 12.8 Å². The third-order valence-electron chi connectivity index (χ3n) is 2.67. The van der Waals surface area contributed by atoms with E-state index in [0.29, 0.717) is 17.6 Å². The standard InChI is InChI=1S/C11H12ClN5/c12-9-3-10(14-5-8-4-13-6-15-8)17-11(16-9)7-1-2-7/h3-4,6-7H,1-2,5H2,(H,13,15)(H,14,16,17). The summed E-state index contributed by atoms with van der Waals surface area (Å²) < 4.78 is 0. The minimum Gasteiger partial charge on any atom is -0.364 e. The number of rotatable bonds is 4. The van der Waals surface area contributed by atoms with Gasteiger partial charge in [0.2, 0.25) is 0 Å². The monoisotopic (exact) mass is 249 g/mol. The number of aromatic nitrogens is 4. The third kappa shape index (κ3) is 2.55. The molecule has 88 valence electrons. The Balaban J connectivity index is 1.73. The Morgan fingerprint density at radius 3 is 3.00 bits per heavy atom. The first kappa shape index (κ1) is 10.5. The van der Waals surface area contributed by atoms with Gasteiger partial charge in [0.1, 0.15) is 16.8 Å². The van der Waals surface area contributed by atoms with Crippen LogP contribution in [0, 0.1) is 0 Å². The maximum atomic E-state index is 5.97. The number of anilines is 1. The van der Waals surface area contributed by atoms with Crippen molar-refractivity contribution in [2.45, 2.75) is 25.3 Å². The maximum Gasteiger partial charge on any atom is 0.135 e. The molecule has 2 N–H and O–H groups in total. The number of hydrogen-bond donors (Lipinski definition) is 2. The molecule has 17 heavy (non-hydrogen) atoms. The molecule has 0 atom stereocenters. The highest BCUT2D eigenvalue weighted by Gasteiger charge is 2.27. The molecule has 2 heterocycles. The van der Waals surface area contributed by atoms with E-state index in [9.17, 15) is 0 Å². The average molecular weight is 250 g/mol. The van der Waals surface area contributed by atoms with Crippen molar-refractivity contribution in [3.05, 3.63) is 35.3 Å². The maximum absolute atomic E-state index is 5.97. The molecule has 6 heteroatoms. The lowest BCUT2D eigenvalue weighted by Crippen LogP contribution is -2.04. The van der Waals surface area contributed by atoms with Gasteiger partial charge in [-0.05, 0) is 12.8 Å². The zero-order valence-corrected chi connectivity index (χ0v) is 9.91. The lowest BCUT2D eigenvalue weighted by Gasteiger charge is -2.06. The number of hydrogen-bond acceptors (Lipinski definition) is 4. The fraction of sp³-hybridized carbons (Fsp3) is 0.364. The van der Waals surface area contributed by atoms with Crippen LogP contribution in [0.25, 0.3) is 0 Å². The second-order valence-corrected chi connectivity index (χ2v) is 4.53. The minimum absolute atomic E-state index is 0.494. The molecule has 0 radical (unpaired) electrons. The van der Waals surface area contributed by atoms with E-state index in [1.807, 2.05) is 0 Å². The first-order valence-electron chi connectivity index (χ1n) is 5.57. The molecule has 1 fully saturated rings. The molecule has 0 spiro atoms. The summed E-state index contributed by atoms with van der Waals surface area (Å²) in [6, 6.07) is 1.74. The zero-order chi connectivity index (χ0) is 11.7. The van der Waals surface area contributed by atoms with Gasteiger partial charge in [-0.3, -0.25) is 0 Å². The third-order valence-corrected chi connectivity index (χ3v) is 2.86. The normalized spacial score (nSPS) is 14.9. The molecule has 0 saturated heterocycles. The molecule has 0 amide bonds. The van der Waals surface area contributed by atoms with Gasteiger partial charge >= 0.3 is 0 Å². The molecule has 2 aromatic rings. The van der Waals surface area contributed by atoms with Gasteiger partial charge in [-0.15, -0.1) is 0 Å². The molecule has 0 bridgehead atoms. The van der Waals surface area contributed by atoms with Crippen LogP contribution in [0.5, 0.6) is 0 Å². The van der Waals surface area contributed by atoms with Gasteiger partial charge in [0.05, 0.1) is 18.6 Å². The predicted octanol–water partition coefficient (Wildman–Crippen LogP) is 2.34. The zero-order valence-electron chi connectivity index (χ0n) is 9.15. The summed E-state index contributed by atoms with van der Waals surface area (Å²) in [5.74, 6) is 2.12. The Morgan fingerprint density at radius 1 is 1.41 bits per heavy atom. The van der Waals surface area contributed by atoms with Crippen molar-refractivity contribution in [3.8, 4) is 0 Å². The van der Waals surface area contributed by atoms with Crippen LogP contribution in [0.2, 0.25) is 5.15 Å². The van der Waals surface area contributed by atoms with Crippen molar-refractivity contribution in [1.82, 2.24) is 19.9 Å². The second-order valence-electron chi connectivity index (χ2n) is 4.14. The summed E-state index contributed by atoms with van der Waals surface area (Å²) in [6.07, 6.45) is 5.76. The van der Waals surface area contributed by atoms with Crippen LogP contribution >= 0.6 is 11.6 Å². The van der Waals surface area contributed by atoms with Crippen LogP contribution in [-0.4, -0.2) is 19.9 Å². The fourth-order valence-electron chi connectivity index (χ4n) is 1.62. The molecule has 3 rings (SSSR count). The lowest BCUT2D eigenvalue weighted by molar-refractivity contribution is 0.918. The van der Waals surface area contributed by atoms with Crippen molar-refractivity contribution in [3.63, 3.8) is 0 Å². The Bertz CT molecular complexity index is 507. The Labute approximate surface area is 104 Å². The van der Waals surface area contributed by atoms with Gasteiger partial charge in [-0.2, -0.15) is 0 Å². The summed E-state index contributed by atoms with van der Waals surface area (Å²) in [7, 11) is 0. The van der Waals surface area contributed by atoms with Gasteiger partial charge in [-0.1, -0.05) is 11.6 Å². The van der Waals surface area contributed by atoms with E-state index >= 15 is 0 Å². The predicted molar refractivity (Wildman–Crippen MR) is 64.9 cm³/mol. The van der Waals surface area contributed by atoms with Crippen molar-refractivity contribution in [1.29, 1.82) is 0 Å². The summed E-state index contributed by atoms with van der Waals surface area (Å²) in [4.78, 5) is 15.7. The van der Waals surface area contributed by atoms with Crippen LogP contribution in [0.15, 0.2) is 18.6 Å². The van der Waals surface area contributed by atoms with Crippen molar-refractivity contribution < 1.29 is 0 Å². The Kier molecular flexibility index (Phi) is 2.68. The van der Waals surface area contributed by atoms with Crippen molar-refractivity contribution >= 4 is 17.4 Å². The first-order chi connectivity index (χ1) is 8.31. The molecule has 5 nitrogen and oxygen atoms in total. The fourth-order valence-corrected chi connectivity index (χ4v) is 1.81. The molecular formula is C11H12ClN5. The first-order valence-corrected chi connectivity index (χ1v) is 5.94. The van der Waals surface area contributed by atoms with E-state index in [4.69, 9.17) is 11.6 Å². The van der Waals surface area contributed by atoms with Gasteiger partial charge in [0.15, 0.2) is 0 Å². The van der Waals surface area contributed by atoms with Gasteiger partial charge < -0.3 is 10.3 Å². The second kappa shape index (κ2) is 4.33. The molecule has 0 unspecified atom stereocenters. The molecular weight excluding hydrogens is 238 g/mol. The van der Waals surface area contributed by atoms with Crippen molar-refractivity contribution in [2.75, 3.05) is 5.32 Å². The molecule has 2 aromatic heterocycles. The largest absolute Gasteiger partial charge is 0.364 e. The lowest BCUT2D eigenvalue weighted by atomic mass is 10.4. The summed E-state index contributed by atoms with van der Waals surface area (Å²) >= 11 is 5.97. The van der Waals surface area contributed by atoms with E-state index < -0.39 is 0 Å². The molecule has 1 saturated carbocycles. The highest BCUT2D eigenvalue weighted by Crippen LogP contribution is 2.38. The van der Waals surface area contributed by atoms with E-state index in [-0.39, 0.29) is 0 Å². The molecule has 1 aliphatic carbocycles. The van der Waals surface area contributed by atoms with Crippen LogP contribution in [0.3, 0.4) is 0 Å². The summed E-state index contributed by atoms with van der Waals surface area (Å²) in [5.41, 5.74) is 1.01. The van der Waals surface area contributed by atoms with Gasteiger partial charge in [0.25, 0.3) is 0 Å². The highest BCUT2D eigenvalue weighted by molar-refractivity contribution is 6.29. The SMILES string of the molecule is Clc1cc(NCc2cnc[nH]2)nc(C2CC2)n1. The average Bonchev–Trinajstić information content (AvgIpc) is 3.04. The quantitative estimate of drug-likeness (QED) is 0.817.